The van der Waals surface area contributed by atoms with Gasteiger partial charge in [-0.15, -0.1) is 11.3 Å². The van der Waals surface area contributed by atoms with Gasteiger partial charge in [0.15, 0.2) is 0 Å². The number of hydrogen-bond donors (Lipinski definition) is 1. The lowest BCUT2D eigenvalue weighted by Gasteiger charge is -1.99. The van der Waals surface area contributed by atoms with Crippen molar-refractivity contribution in [2.45, 2.75) is 13.5 Å². The van der Waals surface area contributed by atoms with Crippen molar-refractivity contribution >= 4 is 22.8 Å². The summed E-state index contributed by atoms with van der Waals surface area (Å²) in [5.74, 6) is -0.165. The molecule has 0 aromatic carbocycles. The zero-order valence-electron chi connectivity index (χ0n) is 10.3. The highest BCUT2D eigenvalue weighted by Crippen LogP contribution is 2.09. The maximum atomic E-state index is 11.8. The van der Waals surface area contributed by atoms with Crippen LogP contribution in [-0.4, -0.2) is 20.5 Å². The number of aryl methyl sites for hydroxylation is 1. The molecule has 3 rings (SSSR count). The van der Waals surface area contributed by atoms with Crippen LogP contribution < -0.4 is 5.32 Å². The molecule has 1 amide bonds. The maximum Gasteiger partial charge on any atom is 0.271 e. The number of nitrogens with one attached hydrogen (secondary N) is 1. The minimum atomic E-state index is -0.165. The van der Waals surface area contributed by atoms with Crippen molar-refractivity contribution in [3.63, 3.8) is 0 Å². The molecule has 0 saturated carbocycles. The minimum absolute atomic E-state index is 0.165. The lowest BCUT2D eigenvalue weighted by Crippen LogP contribution is -2.23. The van der Waals surface area contributed by atoms with Crippen molar-refractivity contribution in [2.75, 3.05) is 0 Å². The molecule has 6 heteroatoms. The van der Waals surface area contributed by atoms with Gasteiger partial charge in [-0.1, -0.05) is 6.07 Å². The van der Waals surface area contributed by atoms with Gasteiger partial charge in [0.2, 0.25) is 0 Å². The van der Waals surface area contributed by atoms with E-state index in [1.165, 1.54) is 11.3 Å². The number of fused-ring (bicyclic) bond motifs is 1. The summed E-state index contributed by atoms with van der Waals surface area (Å²) in [6, 6.07) is 7.80. The van der Waals surface area contributed by atoms with E-state index in [0.29, 0.717) is 12.2 Å². The van der Waals surface area contributed by atoms with E-state index in [1.807, 2.05) is 37.4 Å². The first-order valence-electron chi connectivity index (χ1n) is 5.86. The summed E-state index contributed by atoms with van der Waals surface area (Å²) >= 11 is 1.47. The number of hydrogen-bond acceptors (Lipinski definition) is 4. The van der Waals surface area contributed by atoms with Crippen molar-refractivity contribution in [3.05, 3.63) is 52.2 Å². The Kier molecular flexibility index (Phi) is 3.00. The van der Waals surface area contributed by atoms with Crippen LogP contribution in [0.4, 0.5) is 0 Å². The van der Waals surface area contributed by atoms with E-state index in [9.17, 15) is 4.79 Å². The van der Waals surface area contributed by atoms with E-state index in [1.54, 1.807) is 9.90 Å². The molecule has 3 aromatic heterocycles. The average Bonchev–Trinajstić information content (AvgIpc) is 3.01. The summed E-state index contributed by atoms with van der Waals surface area (Å²) in [5, 5.41) is 9.83. The monoisotopic (exact) mass is 272 g/mol. The normalized spacial score (nSPS) is 10.8. The number of aromatic nitrogens is 3. The zero-order valence-corrected chi connectivity index (χ0v) is 11.1. The van der Waals surface area contributed by atoms with Crippen LogP contribution in [0.25, 0.3) is 5.52 Å². The number of amides is 1. The van der Waals surface area contributed by atoms with E-state index >= 15 is 0 Å². The van der Waals surface area contributed by atoms with Gasteiger partial charge in [-0.2, -0.15) is 5.10 Å². The summed E-state index contributed by atoms with van der Waals surface area (Å²) in [7, 11) is 0. The highest BCUT2D eigenvalue weighted by Gasteiger charge is 2.09. The van der Waals surface area contributed by atoms with E-state index < -0.39 is 0 Å². The first kappa shape index (κ1) is 11.9. The van der Waals surface area contributed by atoms with E-state index in [2.05, 4.69) is 15.4 Å². The number of rotatable bonds is 3. The van der Waals surface area contributed by atoms with Crippen molar-refractivity contribution in [2.24, 2.45) is 0 Å². The third-order valence-electron chi connectivity index (χ3n) is 2.70. The number of nitrogens with zero attached hydrogens (tertiary/aromatic N) is 3. The zero-order chi connectivity index (χ0) is 13.2. The Morgan fingerprint density at radius 3 is 3.11 bits per heavy atom. The van der Waals surface area contributed by atoms with Gasteiger partial charge >= 0.3 is 0 Å². The number of thiazole rings is 1. The van der Waals surface area contributed by atoms with Gasteiger partial charge in [0.25, 0.3) is 5.91 Å². The number of carbonyl (C=O) groups excluding carboxylic acids is 1. The topological polar surface area (TPSA) is 59.3 Å². The fraction of sp³-hybridized carbons (Fsp3) is 0.154. The molecular weight excluding hydrogens is 260 g/mol. The molecule has 1 N–H and O–H groups in total. The Morgan fingerprint density at radius 2 is 2.37 bits per heavy atom. The molecule has 0 fully saturated rings. The molecule has 0 aliphatic rings. The molecule has 0 saturated heterocycles. The second-order valence-electron chi connectivity index (χ2n) is 4.14. The van der Waals surface area contributed by atoms with Crippen LogP contribution in [0.1, 0.15) is 21.2 Å². The van der Waals surface area contributed by atoms with Crippen molar-refractivity contribution in [3.8, 4) is 0 Å². The Balaban J connectivity index is 1.70. The third-order valence-corrected chi connectivity index (χ3v) is 3.48. The number of carbonyl (C=O) groups is 1. The fourth-order valence-corrected chi connectivity index (χ4v) is 2.40. The smallest absolute Gasteiger partial charge is 0.271 e. The standard InChI is InChI=1S/C13H12N4OS/c1-9-15-12(8-19-9)13(18)14-7-10-6-11-4-2-3-5-17(11)16-10/h2-6,8H,7H2,1H3,(H,14,18). The van der Waals surface area contributed by atoms with Crippen LogP contribution in [0, 0.1) is 6.92 Å². The lowest BCUT2D eigenvalue weighted by molar-refractivity contribution is 0.0946. The van der Waals surface area contributed by atoms with Gasteiger partial charge in [0, 0.05) is 11.6 Å². The Hall–Kier alpha value is -2.21. The van der Waals surface area contributed by atoms with Gasteiger partial charge in [-0.3, -0.25) is 4.79 Å². The predicted octanol–water partition coefficient (Wildman–Crippen LogP) is 2.03. The number of pyridine rings is 1. The first-order valence-corrected chi connectivity index (χ1v) is 6.74. The van der Waals surface area contributed by atoms with Gasteiger partial charge in [0.05, 0.1) is 22.8 Å². The predicted molar refractivity (Wildman–Crippen MR) is 73.2 cm³/mol. The molecule has 96 valence electrons. The molecule has 3 aromatic rings. The van der Waals surface area contributed by atoms with Crippen LogP contribution in [-0.2, 0) is 6.54 Å². The van der Waals surface area contributed by atoms with Crippen LogP contribution >= 0.6 is 11.3 Å². The van der Waals surface area contributed by atoms with E-state index in [0.717, 1.165) is 16.2 Å². The molecule has 0 aliphatic heterocycles. The second-order valence-corrected chi connectivity index (χ2v) is 5.20. The second kappa shape index (κ2) is 4.81. The van der Waals surface area contributed by atoms with Crippen LogP contribution in [0.2, 0.25) is 0 Å². The molecule has 0 spiro atoms. The summed E-state index contributed by atoms with van der Waals surface area (Å²) in [6.07, 6.45) is 1.88. The van der Waals surface area contributed by atoms with Gasteiger partial charge in [-0.25, -0.2) is 9.50 Å². The van der Waals surface area contributed by atoms with Crippen molar-refractivity contribution in [1.82, 2.24) is 19.9 Å². The fourth-order valence-electron chi connectivity index (χ4n) is 1.81. The molecule has 0 unspecified atom stereocenters. The van der Waals surface area contributed by atoms with Crippen LogP contribution in [0.5, 0.6) is 0 Å². The van der Waals surface area contributed by atoms with Gasteiger partial charge in [0.1, 0.15) is 5.69 Å². The summed E-state index contributed by atoms with van der Waals surface area (Å²) in [5.41, 5.74) is 2.30. The third kappa shape index (κ3) is 2.48. The van der Waals surface area contributed by atoms with Crippen molar-refractivity contribution < 1.29 is 4.79 Å². The Labute approximate surface area is 113 Å². The summed E-state index contributed by atoms with van der Waals surface area (Å²) in [4.78, 5) is 16.0. The molecule has 0 radical (unpaired) electrons. The van der Waals surface area contributed by atoms with Crippen LogP contribution in [0.15, 0.2) is 35.8 Å². The molecule has 19 heavy (non-hydrogen) atoms. The summed E-state index contributed by atoms with van der Waals surface area (Å²) < 4.78 is 1.79. The molecule has 5 nitrogen and oxygen atoms in total. The van der Waals surface area contributed by atoms with E-state index in [-0.39, 0.29) is 5.91 Å². The molecule has 3 heterocycles. The van der Waals surface area contributed by atoms with Gasteiger partial charge in [-0.05, 0) is 25.1 Å². The molecule has 0 aliphatic carbocycles. The SMILES string of the molecule is Cc1nc(C(=O)NCc2cc3ccccn3n2)cs1. The molecule has 0 atom stereocenters. The van der Waals surface area contributed by atoms with Gasteiger partial charge < -0.3 is 5.32 Å². The largest absolute Gasteiger partial charge is 0.345 e. The molecule has 0 bridgehead atoms. The Morgan fingerprint density at radius 1 is 1.47 bits per heavy atom. The highest BCUT2D eigenvalue weighted by molar-refractivity contribution is 7.09. The first-order chi connectivity index (χ1) is 9.22. The lowest BCUT2D eigenvalue weighted by atomic mass is 10.3. The maximum absolute atomic E-state index is 11.8. The average molecular weight is 272 g/mol. The van der Waals surface area contributed by atoms with Crippen LogP contribution in [0.3, 0.4) is 0 Å². The van der Waals surface area contributed by atoms with Crippen molar-refractivity contribution in [1.29, 1.82) is 0 Å². The van der Waals surface area contributed by atoms with E-state index in [4.69, 9.17) is 0 Å². The quantitative estimate of drug-likeness (QED) is 0.793. The summed E-state index contributed by atoms with van der Waals surface area (Å²) in [6.45, 7) is 2.28. The molecular formula is C13H12N4OS. The highest BCUT2D eigenvalue weighted by atomic mass is 32.1. The Bertz CT molecular complexity index is 698. The minimum Gasteiger partial charge on any atom is -0.345 e.